The number of anilines is 1. The molecule has 0 aromatic heterocycles. The number of ether oxygens (including phenoxy) is 4. The molecular weight excluding hydrogens is 600 g/mol. The zero-order valence-electron chi connectivity index (χ0n) is 27.0. The van der Waals surface area contributed by atoms with E-state index in [-0.39, 0.29) is 25.6 Å². The van der Waals surface area contributed by atoms with Gasteiger partial charge in [0.2, 0.25) is 11.9 Å². The molecule has 1 heterocycles. The van der Waals surface area contributed by atoms with Gasteiger partial charge >= 0.3 is 18.2 Å². The van der Waals surface area contributed by atoms with Crippen molar-refractivity contribution in [2.24, 2.45) is 10.7 Å². The van der Waals surface area contributed by atoms with Gasteiger partial charge in [0.05, 0.1) is 31.2 Å². The lowest BCUT2D eigenvalue weighted by molar-refractivity contribution is -0.142. The Labute approximate surface area is 268 Å². The standard InChI is InChI=1S/C32H42N4O8S/c1-9-42-26(37)19-35-23-16-21(12-15-24(23)45-25(27(35)38)17-20-10-13-22(41-8)14-11-20)18-36(30(40)44-32(5,6)7)28(33)34-29(39)43-31(2,3)4/h10-16,25H,9,17-19H2,1-8H3,(H2,33,34,39). The van der Waals surface area contributed by atoms with Gasteiger partial charge < -0.3 is 24.7 Å². The molecule has 2 aromatic carbocycles. The van der Waals surface area contributed by atoms with Crippen molar-refractivity contribution in [1.82, 2.24) is 4.90 Å². The van der Waals surface area contributed by atoms with Crippen molar-refractivity contribution in [2.75, 3.05) is 25.2 Å². The highest BCUT2D eigenvalue weighted by atomic mass is 32.2. The molecule has 0 saturated carbocycles. The Morgan fingerprint density at radius 3 is 2.18 bits per heavy atom. The van der Waals surface area contributed by atoms with Gasteiger partial charge in [-0.25, -0.2) is 14.5 Å². The fraction of sp³-hybridized carbons (Fsp3) is 0.469. The minimum Gasteiger partial charge on any atom is -0.497 e. The van der Waals surface area contributed by atoms with Gasteiger partial charge in [0.15, 0.2) is 0 Å². The smallest absolute Gasteiger partial charge is 0.437 e. The Bertz CT molecular complexity index is 1430. The van der Waals surface area contributed by atoms with Crippen LogP contribution >= 0.6 is 11.8 Å². The maximum atomic E-state index is 13.8. The lowest BCUT2D eigenvalue weighted by atomic mass is 10.1. The lowest BCUT2D eigenvalue weighted by Crippen LogP contribution is -2.46. The molecule has 2 aromatic rings. The quantitative estimate of drug-likeness (QED) is 0.174. The van der Waals surface area contributed by atoms with Crippen LogP contribution in [0, 0.1) is 0 Å². The molecule has 45 heavy (non-hydrogen) atoms. The molecule has 3 amide bonds. The van der Waals surface area contributed by atoms with E-state index in [1.807, 2.05) is 30.3 Å². The number of thioether (sulfide) groups is 1. The van der Waals surface area contributed by atoms with Crippen molar-refractivity contribution >= 4 is 47.5 Å². The third-order valence-corrected chi connectivity index (χ3v) is 7.38. The maximum absolute atomic E-state index is 13.8. The Kier molecular flexibility index (Phi) is 11.5. The molecule has 0 saturated heterocycles. The first kappa shape index (κ1) is 35.2. The summed E-state index contributed by atoms with van der Waals surface area (Å²) in [6.07, 6.45) is -1.37. The molecule has 0 aliphatic carbocycles. The minimum atomic E-state index is -0.968. The van der Waals surface area contributed by atoms with Crippen LogP contribution in [0.3, 0.4) is 0 Å². The number of nitrogens with two attached hydrogens (primary N) is 1. The number of rotatable bonds is 8. The minimum absolute atomic E-state index is 0.151. The largest absolute Gasteiger partial charge is 0.497 e. The van der Waals surface area contributed by atoms with Gasteiger partial charge in [-0.05, 0) is 90.3 Å². The molecule has 1 aliphatic rings. The Morgan fingerprint density at radius 2 is 1.60 bits per heavy atom. The van der Waals surface area contributed by atoms with Crippen molar-refractivity contribution in [3.63, 3.8) is 0 Å². The number of carbonyl (C=O) groups is 4. The number of methoxy groups -OCH3 is 1. The molecule has 3 rings (SSSR count). The van der Waals surface area contributed by atoms with Gasteiger partial charge in [0.1, 0.15) is 23.5 Å². The summed E-state index contributed by atoms with van der Waals surface area (Å²) in [4.78, 5) is 58.9. The first-order valence-corrected chi connectivity index (χ1v) is 15.3. The molecule has 12 nitrogen and oxygen atoms in total. The number of amides is 3. The first-order valence-electron chi connectivity index (χ1n) is 14.5. The summed E-state index contributed by atoms with van der Waals surface area (Å²) >= 11 is 1.39. The second-order valence-corrected chi connectivity index (χ2v) is 13.5. The van der Waals surface area contributed by atoms with E-state index in [9.17, 15) is 19.2 Å². The zero-order chi connectivity index (χ0) is 33.5. The average Bonchev–Trinajstić information content (AvgIpc) is 2.92. The van der Waals surface area contributed by atoms with E-state index in [1.165, 1.54) is 16.7 Å². The normalized spacial score (nSPS) is 15.2. The predicted molar refractivity (Wildman–Crippen MR) is 171 cm³/mol. The topological polar surface area (TPSA) is 150 Å². The molecule has 1 unspecified atom stereocenters. The molecule has 0 bridgehead atoms. The van der Waals surface area contributed by atoms with Crippen LogP contribution in [0.25, 0.3) is 0 Å². The van der Waals surface area contributed by atoms with Gasteiger partial charge in [0.25, 0.3) is 0 Å². The molecule has 2 N–H and O–H groups in total. The first-order chi connectivity index (χ1) is 21.0. The number of aliphatic imine (C=N–C) groups is 1. The summed E-state index contributed by atoms with van der Waals surface area (Å²) in [6, 6.07) is 12.7. The van der Waals surface area contributed by atoms with Crippen LogP contribution in [0.15, 0.2) is 52.4 Å². The third kappa shape index (κ3) is 10.4. The second-order valence-electron chi connectivity index (χ2n) is 12.2. The highest BCUT2D eigenvalue weighted by Crippen LogP contribution is 2.41. The Morgan fingerprint density at radius 1 is 0.978 bits per heavy atom. The van der Waals surface area contributed by atoms with Gasteiger partial charge in [-0.3, -0.25) is 14.5 Å². The molecule has 13 heteroatoms. The molecule has 0 spiro atoms. The highest BCUT2D eigenvalue weighted by molar-refractivity contribution is 8.01. The summed E-state index contributed by atoms with van der Waals surface area (Å²) in [5.74, 6) is -0.532. The van der Waals surface area contributed by atoms with Crippen molar-refractivity contribution in [3.8, 4) is 5.75 Å². The van der Waals surface area contributed by atoms with Gasteiger partial charge in [0, 0.05) is 4.90 Å². The number of esters is 1. The molecule has 0 fully saturated rings. The fourth-order valence-electron chi connectivity index (χ4n) is 4.25. The number of hydrogen-bond acceptors (Lipinski definition) is 9. The number of nitrogens with zero attached hydrogens (tertiary/aromatic N) is 3. The number of hydrogen-bond donors (Lipinski definition) is 1. The van der Waals surface area contributed by atoms with Crippen LogP contribution in [0.2, 0.25) is 0 Å². The van der Waals surface area contributed by atoms with E-state index in [0.29, 0.717) is 23.4 Å². The summed E-state index contributed by atoms with van der Waals surface area (Å²) in [5.41, 5.74) is 6.40. The van der Waals surface area contributed by atoms with Crippen LogP contribution in [-0.4, -0.2) is 71.6 Å². The molecule has 0 radical (unpaired) electrons. The second kappa shape index (κ2) is 14.7. The van der Waals surface area contributed by atoms with E-state index in [2.05, 4.69) is 4.99 Å². The SMILES string of the molecule is CCOC(=O)CN1C(=O)C(Cc2ccc(OC)cc2)Sc2ccc(CN(C(=O)OC(C)(C)C)C(N)=NC(=O)OC(C)(C)C)cc21. The van der Waals surface area contributed by atoms with E-state index in [1.54, 1.807) is 67.7 Å². The lowest BCUT2D eigenvalue weighted by Gasteiger charge is -2.34. The number of guanidine groups is 1. The maximum Gasteiger partial charge on any atom is 0.437 e. The van der Waals surface area contributed by atoms with Crippen LogP contribution in [0.4, 0.5) is 15.3 Å². The van der Waals surface area contributed by atoms with Crippen molar-refractivity contribution in [2.45, 2.75) is 82.8 Å². The van der Waals surface area contributed by atoms with Gasteiger partial charge in [-0.2, -0.15) is 0 Å². The monoisotopic (exact) mass is 642 g/mol. The van der Waals surface area contributed by atoms with Crippen LogP contribution in [0.5, 0.6) is 5.75 Å². The van der Waals surface area contributed by atoms with Crippen molar-refractivity contribution in [1.29, 1.82) is 0 Å². The molecular formula is C32H42N4O8S. The van der Waals surface area contributed by atoms with Crippen LogP contribution < -0.4 is 15.4 Å². The van der Waals surface area contributed by atoms with Gasteiger partial charge in [-0.15, -0.1) is 16.8 Å². The fourth-order valence-corrected chi connectivity index (χ4v) is 5.50. The third-order valence-electron chi connectivity index (χ3n) is 6.13. The van der Waals surface area contributed by atoms with Crippen LogP contribution in [0.1, 0.15) is 59.6 Å². The highest BCUT2D eigenvalue weighted by Gasteiger charge is 2.36. The van der Waals surface area contributed by atoms with E-state index in [4.69, 9.17) is 24.7 Å². The van der Waals surface area contributed by atoms with Crippen molar-refractivity contribution in [3.05, 3.63) is 53.6 Å². The molecule has 1 atom stereocenters. The van der Waals surface area contributed by atoms with Crippen LogP contribution in [-0.2, 0) is 36.8 Å². The van der Waals surface area contributed by atoms with E-state index >= 15 is 0 Å². The van der Waals surface area contributed by atoms with Gasteiger partial charge in [-0.1, -0.05) is 18.2 Å². The Hall–Kier alpha value is -4.26. The summed E-state index contributed by atoms with van der Waals surface area (Å²) in [6.45, 7) is 11.5. The van der Waals surface area contributed by atoms with E-state index < -0.39 is 40.6 Å². The number of fused-ring (bicyclic) bond motifs is 1. The zero-order valence-corrected chi connectivity index (χ0v) is 27.9. The Balaban J connectivity index is 1.97. The summed E-state index contributed by atoms with van der Waals surface area (Å²) in [7, 11) is 1.59. The number of benzene rings is 2. The van der Waals surface area contributed by atoms with Crippen molar-refractivity contribution < 1.29 is 38.1 Å². The predicted octanol–water partition coefficient (Wildman–Crippen LogP) is 5.30. The summed E-state index contributed by atoms with van der Waals surface area (Å²) < 4.78 is 21.2. The number of carbonyl (C=O) groups excluding carboxylic acids is 4. The molecule has 244 valence electrons. The average molecular weight is 643 g/mol. The van der Waals surface area contributed by atoms with E-state index in [0.717, 1.165) is 15.4 Å². The molecule has 1 aliphatic heterocycles. The summed E-state index contributed by atoms with van der Waals surface area (Å²) in [5, 5.41) is -0.499.